The highest BCUT2D eigenvalue weighted by atomic mass is 16.5. The van der Waals surface area contributed by atoms with Gasteiger partial charge in [-0.15, -0.1) is 0 Å². The number of nitrogens with zero attached hydrogens (tertiary/aromatic N) is 1. The van der Waals surface area contributed by atoms with E-state index >= 15 is 0 Å². The zero-order valence-corrected chi connectivity index (χ0v) is 10.3. The monoisotopic (exact) mass is 261 g/mol. The number of aliphatic carboxylic acids is 1. The van der Waals surface area contributed by atoms with Crippen molar-refractivity contribution in [1.82, 2.24) is 0 Å². The average Bonchev–Trinajstić information content (AvgIpc) is 2.81. The van der Waals surface area contributed by atoms with E-state index < -0.39 is 5.97 Å². The van der Waals surface area contributed by atoms with Crippen LogP contribution in [0.25, 0.3) is 0 Å². The van der Waals surface area contributed by atoms with E-state index in [0.29, 0.717) is 30.7 Å². The molecule has 1 heterocycles. The Morgan fingerprint density at radius 3 is 2.84 bits per heavy atom. The molecule has 5 heteroatoms. The number of phenols is 1. The van der Waals surface area contributed by atoms with Gasteiger partial charge < -0.3 is 14.9 Å². The van der Waals surface area contributed by atoms with Gasteiger partial charge in [0.25, 0.3) is 0 Å². The smallest absolute Gasteiger partial charge is 0.306 e. The van der Waals surface area contributed by atoms with Crippen LogP contribution < -0.4 is 0 Å². The molecule has 1 fully saturated rings. The Morgan fingerprint density at radius 2 is 2.11 bits per heavy atom. The van der Waals surface area contributed by atoms with Gasteiger partial charge in [0.2, 0.25) is 5.90 Å². The van der Waals surface area contributed by atoms with Crippen molar-refractivity contribution >= 4 is 11.9 Å². The van der Waals surface area contributed by atoms with E-state index in [0.717, 1.165) is 0 Å². The van der Waals surface area contributed by atoms with Gasteiger partial charge >= 0.3 is 5.97 Å². The summed E-state index contributed by atoms with van der Waals surface area (Å²) < 4.78 is 5.76. The molecule has 0 aromatic heterocycles. The standard InChI is InChI=1S/C14H15NO4/c16-11-4-2-1-3-9(11)13-15-10-7-8(14(17)18)5-6-12(10)19-13/h1-4,8,10,12,16H,5-7H2,(H,17,18). The van der Waals surface area contributed by atoms with Crippen LogP contribution in [0, 0.1) is 5.92 Å². The lowest BCUT2D eigenvalue weighted by Crippen LogP contribution is -2.33. The number of aliphatic imine (C=N–C) groups is 1. The number of hydrogen-bond acceptors (Lipinski definition) is 4. The van der Waals surface area contributed by atoms with E-state index in [2.05, 4.69) is 4.99 Å². The summed E-state index contributed by atoms with van der Waals surface area (Å²) in [4.78, 5) is 15.5. The second-order valence-corrected chi connectivity index (χ2v) is 5.02. The van der Waals surface area contributed by atoms with Gasteiger partial charge in [0.1, 0.15) is 11.9 Å². The summed E-state index contributed by atoms with van der Waals surface area (Å²) in [6, 6.07) is 6.78. The van der Waals surface area contributed by atoms with Crippen LogP contribution in [0.1, 0.15) is 24.8 Å². The molecule has 0 amide bonds. The van der Waals surface area contributed by atoms with Crippen molar-refractivity contribution in [3.05, 3.63) is 29.8 Å². The molecule has 19 heavy (non-hydrogen) atoms. The molecular formula is C14H15NO4. The summed E-state index contributed by atoms with van der Waals surface area (Å²) in [6.07, 6.45) is 1.78. The first kappa shape index (κ1) is 12.0. The SMILES string of the molecule is O=C(O)C1CCC2OC(c3ccccc3O)=NC2C1. The number of para-hydroxylation sites is 1. The molecule has 1 saturated carbocycles. The summed E-state index contributed by atoms with van der Waals surface area (Å²) in [5, 5.41) is 18.8. The van der Waals surface area contributed by atoms with Crippen molar-refractivity contribution in [1.29, 1.82) is 0 Å². The molecule has 2 N–H and O–H groups in total. The zero-order valence-electron chi connectivity index (χ0n) is 10.3. The Hall–Kier alpha value is -2.04. The fourth-order valence-corrected chi connectivity index (χ4v) is 2.73. The molecule has 2 aliphatic rings. The number of carbonyl (C=O) groups is 1. The predicted octanol–water partition coefficient (Wildman–Crippen LogP) is 1.79. The number of carboxylic acids is 1. The number of aromatic hydroxyl groups is 1. The summed E-state index contributed by atoms with van der Waals surface area (Å²) in [5.74, 6) is -0.532. The highest BCUT2D eigenvalue weighted by Gasteiger charge is 2.39. The second-order valence-electron chi connectivity index (χ2n) is 5.02. The van der Waals surface area contributed by atoms with Crippen LogP contribution in [0.15, 0.2) is 29.3 Å². The third-order valence-corrected chi connectivity index (χ3v) is 3.78. The molecule has 100 valence electrons. The van der Waals surface area contributed by atoms with Crippen molar-refractivity contribution in [2.75, 3.05) is 0 Å². The maximum Gasteiger partial charge on any atom is 0.306 e. The third kappa shape index (κ3) is 2.16. The lowest BCUT2D eigenvalue weighted by atomic mass is 9.84. The maximum atomic E-state index is 11.0. The topological polar surface area (TPSA) is 79.1 Å². The van der Waals surface area contributed by atoms with Crippen molar-refractivity contribution in [2.45, 2.75) is 31.4 Å². The van der Waals surface area contributed by atoms with Gasteiger partial charge in [0.15, 0.2) is 0 Å². The summed E-state index contributed by atoms with van der Waals surface area (Å²) >= 11 is 0. The van der Waals surface area contributed by atoms with Crippen molar-refractivity contribution in [2.24, 2.45) is 10.9 Å². The van der Waals surface area contributed by atoms with Gasteiger partial charge in [-0.3, -0.25) is 4.79 Å². The van der Waals surface area contributed by atoms with Gasteiger partial charge in [-0.2, -0.15) is 0 Å². The molecule has 1 aliphatic carbocycles. The number of rotatable bonds is 2. The first-order chi connectivity index (χ1) is 9.15. The Kier molecular flexibility index (Phi) is 2.89. The third-order valence-electron chi connectivity index (χ3n) is 3.78. The fraction of sp³-hybridized carbons (Fsp3) is 0.429. The minimum Gasteiger partial charge on any atom is -0.507 e. The van der Waals surface area contributed by atoms with Gasteiger partial charge in [-0.05, 0) is 31.4 Å². The quantitative estimate of drug-likeness (QED) is 0.850. The van der Waals surface area contributed by atoms with Crippen molar-refractivity contribution in [3.8, 4) is 5.75 Å². The molecule has 1 aromatic carbocycles. The van der Waals surface area contributed by atoms with Gasteiger partial charge in [-0.1, -0.05) is 12.1 Å². The number of benzene rings is 1. The largest absolute Gasteiger partial charge is 0.507 e. The van der Waals surface area contributed by atoms with Crippen LogP contribution in [0.5, 0.6) is 5.75 Å². The zero-order chi connectivity index (χ0) is 13.4. The number of carboxylic acid groups (broad SMARTS) is 1. The highest BCUT2D eigenvalue weighted by Crippen LogP contribution is 2.34. The van der Waals surface area contributed by atoms with E-state index in [9.17, 15) is 9.90 Å². The van der Waals surface area contributed by atoms with Gasteiger partial charge in [-0.25, -0.2) is 4.99 Å². The van der Waals surface area contributed by atoms with Crippen LogP contribution in [-0.4, -0.2) is 34.2 Å². The van der Waals surface area contributed by atoms with E-state index in [4.69, 9.17) is 9.84 Å². The van der Waals surface area contributed by atoms with Crippen LogP contribution in [-0.2, 0) is 9.53 Å². The molecule has 1 aliphatic heterocycles. The molecule has 0 radical (unpaired) electrons. The minimum atomic E-state index is -0.760. The van der Waals surface area contributed by atoms with Crippen LogP contribution in [0.4, 0.5) is 0 Å². The first-order valence-electron chi connectivity index (χ1n) is 6.41. The molecule has 3 unspecified atom stereocenters. The Morgan fingerprint density at radius 1 is 1.32 bits per heavy atom. The molecule has 0 bridgehead atoms. The highest BCUT2D eigenvalue weighted by molar-refractivity contribution is 5.97. The van der Waals surface area contributed by atoms with E-state index in [1.807, 2.05) is 6.07 Å². The van der Waals surface area contributed by atoms with Crippen LogP contribution >= 0.6 is 0 Å². The second kappa shape index (κ2) is 4.57. The summed E-state index contributed by atoms with van der Waals surface area (Å²) in [7, 11) is 0. The fourth-order valence-electron chi connectivity index (χ4n) is 2.73. The number of hydrogen-bond donors (Lipinski definition) is 2. The van der Waals surface area contributed by atoms with E-state index in [1.54, 1.807) is 18.2 Å². The number of fused-ring (bicyclic) bond motifs is 1. The molecule has 0 spiro atoms. The molecule has 5 nitrogen and oxygen atoms in total. The normalized spacial score (nSPS) is 29.3. The first-order valence-corrected chi connectivity index (χ1v) is 6.41. The molecule has 0 saturated heterocycles. The van der Waals surface area contributed by atoms with Crippen LogP contribution in [0.3, 0.4) is 0 Å². The molecule has 1 aromatic rings. The Labute approximate surface area is 110 Å². The van der Waals surface area contributed by atoms with Crippen molar-refractivity contribution < 1.29 is 19.7 Å². The summed E-state index contributed by atoms with van der Waals surface area (Å²) in [6.45, 7) is 0. The lowest BCUT2D eigenvalue weighted by molar-refractivity contribution is -0.143. The van der Waals surface area contributed by atoms with E-state index in [-0.39, 0.29) is 23.8 Å². The van der Waals surface area contributed by atoms with Gasteiger partial charge in [0, 0.05) is 0 Å². The maximum absolute atomic E-state index is 11.0. The summed E-state index contributed by atoms with van der Waals surface area (Å²) in [5.41, 5.74) is 0.573. The average molecular weight is 261 g/mol. The number of ether oxygens (including phenoxy) is 1. The minimum absolute atomic E-state index is 0.0507. The predicted molar refractivity (Wildman–Crippen MR) is 68.3 cm³/mol. The molecular weight excluding hydrogens is 246 g/mol. The lowest BCUT2D eigenvalue weighted by Gasteiger charge is -2.26. The van der Waals surface area contributed by atoms with Crippen molar-refractivity contribution in [3.63, 3.8) is 0 Å². The van der Waals surface area contributed by atoms with Crippen LogP contribution in [0.2, 0.25) is 0 Å². The Bertz CT molecular complexity index is 540. The molecule has 3 atom stereocenters. The molecule has 3 rings (SSSR count). The van der Waals surface area contributed by atoms with E-state index in [1.165, 1.54) is 0 Å². The van der Waals surface area contributed by atoms with Gasteiger partial charge in [0.05, 0.1) is 17.5 Å². The number of phenolic OH excluding ortho intramolecular Hbond substituents is 1. The Balaban J connectivity index is 1.82.